The standard InChI is InChI=1S/C4H8O3Si/c1-3(7-8)2-4(5)6/h2H,1,8H3,(H,5,6). The van der Waals surface area contributed by atoms with Gasteiger partial charge in [0.05, 0.1) is 11.8 Å². The maximum Gasteiger partial charge on any atom is 0.331 e. The van der Waals surface area contributed by atoms with E-state index in [1.54, 1.807) is 6.92 Å². The van der Waals surface area contributed by atoms with Gasteiger partial charge in [0.15, 0.2) is 0 Å². The molecular weight excluding hydrogens is 124 g/mol. The molecule has 0 atom stereocenters. The Morgan fingerprint density at radius 1 is 1.88 bits per heavy atom. The molecule has 0 aliphatic rings. The number of hydrogen-bond acceptors (Lipinski definition) is 2. The number of allylic oxidation sites excluding steroid dienone is 1. The number of carboxylic acids is 1. The third-order valence-electron chi connectivity index (χ3n) is 0.649. The van der Waals surface area contributed by atoms with Crippen molar-refractivity contribution in [2.45, 2.75) is 6.92 Å². The fourth-order valence-corrected chi connectivity index (χ4v) is 0.351. The first kappa shape index (κ1) is 7.23. The molecule has 0 radical (unpaired) electrons. The lowest BCUT2D eigenvalue weighted by Crippen LogP contribution is -1.91. The van der Waals surface area contributed by atoms with E-state index in [-0.39, 0.29) is 0 Å². The molecule has 4 heteroatoms. The normalized spacial score (nSPS) is 11.4. The molecule has 0 aliphatic carbocycles. The molecule has 0 rings (SSSR count). The second-order valence-electron chi connectivity index (χ2n) is 1.30. The molecule has 0 saturated heterocycles. The fraction of sp³-hybridized carbons (Fsp3) is 0.250. The molecule has 46 valence electrons. The van der Waals surface area contributed by atoms with Gasteiger partial charge in [-0.05, 0) is 6.92 Å². The molecule has 0 heterocycles. The summed E-state index contributed by atoms with van der Waals surface area (Å²) in [6.07, 6.45) is 1.03. The first-order valence-corrected chi connectivity index (χ1v) is 2.93. The van der Waals surface area contributed by atoms with E-state index in [2.05, 4.69) is 4.43 Å². The summed E-state index contributed by atoms with van der Waals surface area (Å²) in [6, 6.07) is 0. The smallest absolute Gasteiger partial charge is 0.331 e. The Morgan fingerprint density at radius 3 is 2.50 bits per heavy atom. The van der Waals surface area contributed by atoms with Crippen molar-refractivity contribution in [3.8, 4) is 0 Å². The zero-order chi connectivity index (χ0) is 6.57. The Balaban J connectivity index is 3.75. The van der Waals surface area contributed by atoms with Gasteiger partial charge in [-0.2, -0.15) is 0 Å². The highest BCUT2D eigenvalue weighted by Gasteiger charge is 1.88. The number of aliphatic carboxylic acids is 1. The van der Waals surface area contributed by atoms with Gasteiger partial charge in [-0.3, -0.25) is 0 Å². The Morgan fingerprint density at radius 2 is 2.38 bits per heavy atom. The number of carbonyl (C=O) groups is 1. The highest BCUT2D eigenvalue weighted by molar-refractivity contribution is 5.99. The molecule has 0 aromatic carbocycles. The van der Waals surface area contributed by atoms with Crippen molar-refractivity contribution in [3.05, 3.63) is 11.8 Å². The Labute approximate surface area is 50.5 Å². The molecule has 0 saturated carbocycles. The van der Waals surface area contributed by atoms with Gasteiger partial charge in [-0.25, -0.2) is 4.79 Å². The van der Waals surface area contributed by atoms with Gasteiger partial charge in [-0.15, -0.1) is 0 Å². The molecular formula is C4H8O3Si. The molecule has 0 aromatic rings. The van der Waals surface area contributed by atoms with Gasteiger partial charge < -0.3 is 9.53 Å². The number of hydrogen-bond donors (Lipinski definition) is 1. The molecule has 0 aliphatic heterocycles. The Hall–Kier alpha value is -0.773. The Kier molecular flexibility index (Phi) is 2.94. The third kappa shape index (κ3) is 3.42. The maximum absolute atomic E-state index is 9.83. The largest absolute Gasteiger partial charge is 0.556 e. The van der Waals surface area contributed by atoms with Crippen LogP contribution in [-0.4, -0.2) is 21.6 Å². The van der Waals surface area contributed by atoms with Crippen molar-refractivity contribution >= 4 is 16.5 Å². The quantitative estimate of drug-likeness (QED) is 0.306. The highest BCUT2D eigenvalue weighted by Crippen LogP contribution is 1.88. The van der Waals surface area contributed by atoms with Crippen LogP contribution in [0.3, 0.4) is 0 Å². The van der Waals surface area contributed by atoms with Crippen LogP contribution in [-0.2, 0) is 9.22 Å². The van der Waals surface area contributed by atoms with E-state index in [1.165, 1.54) is 0 Å². The molecule has 0 unspecified atom stereocenters. The van der Waals surface area contributed by atoms with Crippen LogP contribution in [0.15, 0.2) is 11.8 Å². The lowest BCUT2D eigenvalue weighted by Gasteiger charge is -1.94. The van der Waals surface area contributed by atoms with Crippen LogP contribution in [0.4, 0.5) is 0 Å². The Bertz CT molecular complexity index is 118. The lowest BCUT2D eigenvalue weighted by molar-refractivity contribution is -0.131. The summed E-state index contributed by atoms with van der Waals surface area (Å²) in [7, 11) is 0.547. The number of carboxylic acid groups (broad SMARTS) is 1. The summed E-state index contributed by atoms with van der Waals surface area (Å²) in [5, 5.41) is 8.07. The van der Waals surface area contributed by atoms with Crippen LogP contribution in [0.5, 0.6) is 0 Å². The first-order valence-electron chi connectivity index (χ1n) is 2.12. The minimum atomic E-state index is -0.960. The average molecular weight is 132 g/mol. The molecule has 0 spiro atoms. The van der Waals surface area contributed by atoms with E-state index in [0.29, 0.717) is 16.2 Å². The van der Waals surface area contributed by atoms with Crippen LogP contribution >= 0.6 is 0 Å². The topological polar surface area (TPSA) is 46.5 Å². The van der Waals surface area contributed by atoms with Gasteiger partial charge in [-0.1, -0.05) is 0 Å². The van der Waals surface area contributed by atoms with Crippen molar-refractivity contribution in [1.29, 1.82) is 0 Å². The van der Waals surface area contributed by atoms with Gasteiger partial charge in [0.25, 0.3) is 0 Å². The van der Waals surface area contributed by atoms with E-state index in [9.17, 15) is 4.79 Å². The highest BCUT2D eigenvalue weighted by atomic mass is 28.2. The lowest BCUT2D eigenvalue weighted by atomic mass is 10.5. The predicted octanol–water partition coefficient (Wildman–Crippen LogP) is -0.728. The average Bonchev–Trinajstić information content (AvgIpc) is 1.65. The van der Waals surface area contributed by atoms with Crippen LogP contribution in [0.2, 0.25) is 0 Å². The number of rotatable bonds is 2. The van der Waals surface area contributed by atoms with Crippen LogP contribution in [0.1, 0.15) is 6.92 Å². The zero-order valence-electron chi connectivity index (χ0n) is 4.84. The second kappa shape index (κ2) is 3.26. The fourth-order valence-electron chi connectivity index (χ4n) is 0.233. The minimum absolute atomic E-state index is 0.462. The molecule has 1 N–H and O–H groups in total. The van der Waals surface area contributed by atoms with Crippen LogP contribution in [0, 0.1) is 0 Å². The minimum Gasteiger partial charge on any atom is -0.556 e. The molecule has 0 fully saturated rings. The van der Waals surface area contributed by atoms with E-state index in [1.807, 2.05) is 0 Å². The predicted molar refractivity (Wildman–Crippen MR) is 32.4 cm³/mol. The van der Waals surface area contributed by atoms with Gasteiger partial charge in [0.1, 0.15) is 0 Å². The summed E-state index contributed by atoms with van der Waals surface area (Å²) in [5.74, 6) is -0.498. The summed E-state index contributed by atoms with van der Waals surface area (Å²) in [6.45, 7) is 1.61. The third-order valence-corrected chi connectivity index (χ3v) is 1.29. The van der Waals surface area contributed by atoms with Gasteiger partial charge in [0, 0.05) is 0 Å². The van der Waals surface area contributed by atoms with Crippen molar-refractivity contribution in [1.82, 2.24) is 0 Å². The summed E-state index contributed by atoms with van der Waals surface area (Å²) in [5.41, 5.74) is 0. The van der Waals surface area contributed by atoms with Crippen LogP contribution in [0.25, 0.3) is 0 Å². The van der Waals surface area contributed by atoms with Gasteiger partial charge in [0.2, 0.25) is 10.5 Å². The van der Waals surface area contributed by atoms with Gasteiger partial charge >= 0.3 is 5.97 Å². The van der Waals surface area contributed by atoms with E-state index < -0.39 is 5.97 Å². The molecule has 3 nitrogen and oxygen atoms in total. The van der Waals surface area contributed by atoms with Crippen molar-refractivity contribution < 1.29 is 14.3 Å². The molecule has 0 bridgehead atoms. The summed E-state index contributed by atoms with van der Waals surface area (Å²) in [4.78, 5) is 9.83. The van der Waals surface area contributed by atoms with Crippen molar-refractivity contribution in [2.75, 3.05) is 0 Å². The van der Waals surface area contributed by atoms with E-state index in [4.69, 9.17) is 5.11 Å². The first-order chi connectivity index (χ1) is 3.66. The van der Waals surface area contributed by atoms with Crippen molar-refractivity contribution in [3.63, 3.8) is 0 Å². The monoisotopic (exact) mass is 132 g/mol. The second-order valence-corrected chi connectivity index (χ2v) is 1.71. The molecule has 0 aromatic heterocycles. The SMILES string of the molecule is CC(=CC(=O)O)O[SiH3]. The van der Waals surface area contributed by atoms with Crippen LogP contribution < -0.4 is 0 Å². The maximum atomic E-state index is 9.83. The molecule has 8 heavy (non-hydrogen) atoms. The zero-order valence-corrected chi connectivity index (χ0v) is 6.84. The van der Waals surface area contributed by atoms with E-state index in [0.717, 1.165) is 6.08 Å². The summed E-state index contributed by atoms with van der Waals surface area (Å²) < 4.78 is 4.68. The molecule has 0 amide bonds. The van der Waals surface area contributed by atoms with Crippen molar-refractivity contribution in [2.24, 2.45) is 0 Å². The summed E-state index contributed by atoms with van der Waals surface area (Å²) >= 11 is 0. The van der Waals surface area contributed by atoms with E-state index >= 15 is 0 Å².